The highest BCUT2D eigenvalue weighted by atomic mass is 16.8. The Morgan fingerprint density at radius 2 is 1.18 bits per heavy atom. The van der Waals surface area contributed by atoms with Crippen molar-refractivity contribution in [1.29, 1.82) is 0 Å². The molecule has 9 heteroatoms. The average molecular weight is 669 g/mol. The van der Waals surface area contributed by atoms with E-state index in [4.69, 9.17) is 37.9 Å². The molecule has 6 rings (SSSR count). The van der Waals surface area contributed by atoms with Crippen LogP contribution in [-0.4, -0.2) is 68.4 Å². The molecule has 0 aliphatic carbocycles. The molecule has 9 nitrogen and oxygen atoms in total. The van der Waals surface area contributed by atoms with E-state index in [9.17, 15) is 4.79 Å². The Bertz CT molecular complexity index is 1550. The number of hydrogen-bond acceptors (Lipinski definition) is 9. The van der Waals surface area contributed by atoms with Gasteiger partial charge in [0, 0.05) is 0 Å². The maximum atomic E-state index is 13.6. The monoisotopic (exact) mass is 668 g/mol. The molecule has 6 atom stereocenters. The molecule has 4 aromatic rings. The van der Waals surface area contributed by atoms with Crippen LogP contribution in [0.1, 0.15) is 40.9 Å². The van der Waals surface area contributed by atoms with Crippen molar-refractivity contribution < 1.29 is 42.7 Å². The summed E-state index contributed by atoms with van der Waals surface area (Å²) in [6.07, 6.45) is -4.49. The molecule has 0 radical (unpaired) electrons. The predicted molar refractivity (Wildman–Crippen MR) is 181 cm³/mol. The van der Waals surface area contributed by atoms with E-state index in [2.05, 4.69) is 0 Å². The van der Waals surface area contributed by atoms with Crippen LogP contribution in [0.3, 0.4) is 0 Å². The molecule has 0 saturated carbocycles. The summed E-state index contributed by atoms with van der Waals surface area (Å²) < 4.78 is 50.6. The fourth-order valence-corrected chi connectivity index (χ4v) is 5.88. The standard InChI is InChI=1S/C40H44O9/c1-40(2)46-27-33(49-40)26-45-39-37(48-38(41)32-21-13-6-14-22-32)36(44-25-31-19-11-5-12-20-31)35(43-24-30-17-9-4-10-18-30)34(47-39)28-42-23-29-15-7-3-8-16-29/h3-22,33-37,39H,23-28H2,1-2H3/t33-,34?,35+,36+,37?,39-/m0/s1. The fourth-order valence-electron chi connectivity index (χ4n) is 5.88. The number of esters is 1. The fraction of sp³-hybridized carbons (Fsp3) is 0.375. The molecule has 2 unspecified atom stereocenters. The lowest BCUT2D eigenvalue weighted by Crippen LogP contribution is -2.62. The van der Waals surface area contributed by atoms with E-state index in [1.54, 1.807) is 24.3 Å². The molecular weight excluding hydrogens is 624 g/mol. The third-order valence-corrected chi connectivity index (χ3v) is 8.32. The molecule has 49 heavy (non-hydrogen) atoms. The van der Waals surface area contributed by atoms with E-state index < -0.39 is 42.5 Å². The molecular formula is C40H44O9. The van der Waals surface area contributed by atoms with Crippen molar-refractivity contribution in [3.8, 4) is 0 Å². The zero-order chi connectivity index (χ0) is 33.9. The van der Waals surface area contributed by atoms with Gasteiger partial charge < -0.3 is 37.9 Å². The zero-order valence-corrected chi connectivity index (χ0v) is 27.9. The van der Waals surface area contributed by atoms with Gasteiger partial charge in [-0.05, 0) is 42.7 Å². The molecule has 0 bridgehead atoms. The second-order valence-corrected chi connectivity index (χ2v) is 12.6. The molecule has 0 spiro atoms. The van der Waals surface area contributed by atoms with Crippen molar-refractivity contribution >= 4 is 5.97 Å². The van der Waals surface area contributed by atoms with Crippen LogP contribution in [-0.2, 0) is 57.7 Å². The van der Waals surface area contributed by atoms with Crippen LogP contribution in [0.15, 0.2) is 121 Å². The molecule has 0 N–H and O–H groups in total. The van der Waals surface area contributed by atoms with Crippen LogP contribution in [0.4, 0.5) is 0 Å². The van der Waals surface area contributed by atoms with E-state index in [0.717, 1.165) is 16.7 Å². The van der Waals surface area contributed by atoms with Crippen molar-refractivity contribution in [2.45, 2.75) is 76.3 Å². The highest BCUT2D eigenvalue weighted by Crippen LogP contribution is 2.32. The van der Waals surface area contributed by atoms with E-state index in [1.165, 1.54) is 0 Å². The van der Waals surface area contributed by atoms with Crippen LogP contribution in [0.25, 0.3) is 0 Å². The second-order valence-electron chi connectivity index (χ2n) is 12.6. The number of rotatable bonds is 15. The largest absolute Gasteiger partial charge is 0.450 e. The molecule has 2 saturated heterocycles. The van der Waals surface area contributed by atoms with Crippen molar-refractivity contribution in [1.82, 2.24) is 0 Å². The Labute approximate surface area is 287 Å². The van der Waals surface area contributed by atoms with Gasteiger partial charge in [-0.3, -0.25) is 0 Å². The van der Waals surface area contributed by atoms with Gasteiger partial charge in [-0.25, -0.2) is 4.79 Å². The maximum Gasteiger partial charge on any atom is 0.338 e. The molecule has 258 valence electrons. The number of hydrogen-bond donors (Lipinski definition) is 0. The van der Waals surface area contributed by atoms with Gasteiger partial charge in [0.2, 0.25) is 0 Å². The molecule has 2 fully saturated rings. The summed E-state index contributed by atoms with van der Waals surface area (Å²) in [6, 6.07) is 38.5. The van der Waals surface area contributed by atoms with Crippen LogP contribution in [0, 0.1) is 0 Å². The minimum absolute atomic E-state index is 0.145. The van der Waals surface area contributed by atoms with Gasteiger partial charge in [0.25, 0.3) is 0 Å². The lowest BCUT2D eigenvalue weighted by atomic mass is 9.97. The van der Waals surface area contributed by atoms with Crippen molar-refractivity contribution in [3.05, 3.63) is 144 Å². The van der Waals surface area contributed by atoms with E-state index in [0.29, 0.717) is 18.8 Å². The highest BCUT2D eigenvalue weighted by Gasteiger charge is 2.51. The SMILES string of the molecule is CC1(C)OC[C@H](CO[C@H]2OC(COCc3ccccc3)[C@@H](OCc3ccccc3)[C@@H](OCc3ccccc3)C2OC(=O)c2ccccc2)O1. The van der Waals surface area contributed by atoms with Gasteiger partial charge in [-0.1, -0.05) is 109 Å². The van der Waals surface area contributed by atoms with Crippen LogP contribution >= 0.6 is 0 Å². The molecule has 2 aliphatic heterocycles. The molecule has 0 aromatic heterocycles. The first-order valence-corrected chi connectivity index (χ1v) is 16.7. The summed E-state index contributed by atoms with van der Waals surface area (Å²) in [5.41, 5.74) is 3.36. The first kappa shape index (κ1) is 34.9. The van der Waals surface area contributed by atoms with E-state index in [1.807, 2.05) is 111 Å². The first-order valence-electron chi connectivity index (χ1n) is 16.7. The summed E-state index contributed by atoms with van der Waals surface area (Å²) in [6.45, 7) is 5.29. The topological polar surface area (TPSA) is 90.9 Å². The van der Waals surface area contributed by atoms with Crippen LogP contribution < -0.4 is 0 Å². The normalized spacial score (nSPS) is 24.8. The Hall–Kier alpha value is -3.93. The Balaban J connectivity index is 1.30. The van der Waals surface area contributed by atoms with Gasteiger partial charge in [0.05, 0.1) is 45.2 Å². The maximum absolute atomic E-state index is 13.6. The molecule has 4 aromatic carbocycles. The summed E-state index contributed by atoms with van der Waals surface area (Å²) in [4.78, 5) is 13.6. The lowest BCUT2D eigenvalue weighted by Gasteiger charge is -2.45. The highest BCUT2D eigenvalue weighted by molar-refractivity contribution is 5.89. The summed E-state index contributed by atoms with van der Waals surface area (Å²) in [5, 5.41) is 0. The van der Waals surface area contributed by atoms with E-state index >= 15 is 0 Å². The number of ether oxygens (including phenoxy) is 8. The van der Waals surface area contributed by atoms with Gasteiger partial charge in [0.1, 0.15) is 24.4 Å². The Kier molecular flexibility index (Phi) is 12.2. The predicted octanol–water partition coefficient (Wildman–Crippen LogP) is 6.49. The van der Waals surface area contributed by atoms with Gasteiger partial charge in [-0.2, -0.15) is 0 Å². The third-order valence-electron chi connectivity index (χ3n) is 8.32. The van der Waals surface area contributed by atoms with Gasteiger partial charge in [0.15, 0.2) is 18.2 Å². The number of carbonyl (C=O) groups excluding carboxylic acids is 1. The quantitative estimate of drug-likeness (QED) is 0.132. The van der Waals surface area contributed by atoms with Crippen molar-refractivity contribution in [2.24, 2.45) is 0 Å². The third kappa shape index (κ3) is 10.1. The smallest absolute Gasteiger partial charge is 0.338 e. The average Bonchev–Trinajstić information content (AvgIpc) is 3.49. The van der Waals surface area contributed by atoms with Crippen LogP contribution in [0.2, 0.25) is 0 Å². The Morgan fingerprint density at radius 3 is 1.73 bits per heavy atom. The minimum atomic E-state index is -1.03. The van der Waals surface area contributed by atoms with Gasteiger partial charge in [-0.15, -0.1) is 0 Å². The molecule has 2 heterocycles. The summed E-state index contributed by atoms with van der Waals surface area (Å²) in [7, 11) is 0. The van der Waals surface area contributed by atoms with Gasteiger partial charge >= 0.3 is 5.97 Å². The number of carbonyl (C=O) groups is 1. The van der Waals surface area contributed by atoms with Crippen molar-refractivity contribution in [2.75, 3.05) is 19.8 Å². The summed E-state index contributed by atoms with van der Waals surface area (Å²) >= 11 is 0. The molecule has 2 aliphatic rings. The zero-order valence-electron chi connectivity index (χ0n) is 27.9. The van der Waals surface area contributed by atoms with E-state index in [-0.39, 0.29) is 32.5 Å². The van der Waals surface area contributed by atoms with Crippen LogP contribution in [0.5, 0.6) is 0 Å². The minimum Gasteiger partial charge on any atom is -0.450 e. The Morgan fingerprint density at radius 1 is 0.653 bits per heavy atom. The summed E-state index contributed by atoms with van der Waals surface area (Å²) in [5.74, 6) is -1.26. The second kappa shape index (κ2) is 17.1. The first-order chi connectivity index (χ1) is 23.9. The number of benzene rings is 4. The lowest BCUT2D eigenvalue weighted by molar-refractivity contribution is -0.321. The molecule has 0 amide bonds. The van der Waals surface area contributed by atoms with Crippen molar-refractivity contribution in [3.63, 3.8) is 0 Å².